The molecule has 3 aromatic rings. The van der Waals surface area contributed by atoms with Crippen LogP contribution in [0, 0.1) is 17.2 Å². The van der Waals surface area contributed by atoms with Gasteiger partial charge in [-0.15, -0.1) is 0 Å². The first kappa shape index (κ1) is 33.1. The van der Waals surface area contributed by atoms with E-state index in [0.717, 1.165) is 5.56 Å². The summed E-state index contributed by atoms with van der Waals surface area (Å²) < 4.78 is 8.36. The van der Waals surface area contributed by atoms with E-state index in [1.807, 2.05) is 0 Å². The average Bonchev–Trinajstić information content (AvgIpc) is 3.67. The third kappa shape index (κ3) is 6.41. The first-order chi connectivity index (χ1) is 21.5. The number of amides is 1. The SMILES string of the molecule is CC(C)[Si](OC[C@@H](C)c1[nH]n2c(=O)cc(-c3ccc(C4CCCCC4)cc3)nc2c1C(=O)N1CC[C@@H](C#N)C1)(C(C)C)C(C)C. The number of benzene rings is 1. The van der Waals surface area contributed by atoms with Crippen LogP contribution >= 0.6 is 0 Å². The third-order valence-corrected chi connectivity index (χ3v) is 16.7. The lowest BCUT2D eigenvalue weighted by Crippen LogP contribution is -2.48. The highest BCUT2D eigenvalue weighted by atomic mass is 28.4. The number of nitrogens with zero attached hydrogens (tertiary/aromatic N) is 4. The molecule has 8 nitrogen and oxygen atoms in total. The number of rotatable bonds is 10. The molecule has 0 bridgehead atoms. The van der Waals surface area contributed by atoms with E-state index in [4.69, 9.17) is 9.41 Å². The summed E-state index contributed by atoms with van der Waals surface area (Å²) in [5.74, 6) is 0.0357. The van der Waals surface area contributed by atoms with Crippen molar-refractivity contribution in [3.05, 3.63) is 57.5 Å². The topological polar surface area (TPSA) is 103 Å². The maximum atomic E-state index is 14.2. The summed E-state index contributed by atoms with van der Waals surface area (Å²) in [5.41, 5.74) is 5.19. The minimum absolute atomic E-state index is 0.180. The summed E-state index contributed by atoms with van der Waals surface area (Å²) >= 11 is 0. The summed E-state index contributed by atoms with van der Waals surface area (Å²) in [6.45, 7) is 17.0. The van der Waals surface area contributed by atoms with Crippen molar-refractivity contribution < 1.29 is 9.22 Å². The lowest BCUT2D eigenvalue weighted by atomic mass is 9.84. The Morgan fingerprint density at radius 2 is 1.67 bits per heavy atom. The minimum atomic E-state index is -2.16. The normalized spacial score (nSPS) is 18.8. The molecule has 1 N–H and O–H groups in total. The molecular weight excluding hydrogens is 579 g/mol. The van der Waals surface area contributed by atoms with E-state index in [1.165, 1.54) is 42.2 Å². The van der Waals surface area contributed by atoms with Gasteiger partial charge in [-0.3, -0.25) is 14.7 Å². The Balaban J connectivity index is 1.55. The number of H-pyrrole nitrogens is 1. The second-order valence-corrected chi connectivity index (χ2v) is 19.9. The van der Waals surface area contributed by atoms with Gasteiger partial charge in [-0.1, -0.05) is 92.0 Å². The Bertz CT molecular complexity index is 1570. The first-order valence-corrected chi connectivity index (χ1v) is 19.2. The van der Waals surface area contributed by atoms with Crippen LogP contribution in [0.2, 0.25) is 16.6 Å². The Morgan fingerprint density at radius 1 is 1.02 bits per heavy atom. The number of likely N-dealkylation sites (tertiary alicyclic amines) is 1. The van der Waals surface area contributed by atoms with E-state index in [2.05, 4.69) is 83.9 Å². The molecule has 0 unspecified atom stereocenters. The number of nitriles is 1. The average molecular weight is 630 g/mol. The van der Waals surface area contributed by atoms with E-state index in [1.54, 1.807) is 11.0 Å². The van der Waals surface area contributed by atoms with Crippen molar-refractivity contribution in [1.29, 1.82) is 5.26 Å². The standard InChI is InChI=1S/C36H51N5O3Si/c1-23(2)45(24(3)4,25(5)6)44-22-26(7)34-33(36(43)40-18-17-27(20-37)21-40)35-38-31(19-32(42)41(35)39-34)30-15-13-29(14-16-30)28-11-9-8-10-12-28/h13-16,19,23-28,39H,8-12,17-18,21-22H2,1-7H3/t26-,27+/m1/s1. The number of hydrogen-bond acceptors (Lipinski definition) is 5. The number of aromatic nitrogens is 3. The van der Waals surface area contributed by atoms with Crippen molar-refractivity contribution in [3.63, 3.8) is 0 Å². The van der Waals surface area contributed by atoms with Gasteiger partial charge in [0.05, 0.1) is 23.4 Å². The van der Waals surface area contributed by atoms with Gasteiger partial charge in [-0.05, 0) is 47.4 Å². The van der Waals surface area contributed by atoms with E-state index in [-0.39, 0.29) is 23.3 Å². The molecule has 1 saturated carbocycles. The van der Waals surface area contributed by atoms with Gasteiger partial charge < -0.3 is 9.33 Å². The summed E-state index contributed by atoms with van der Waals surface area (Å²) in [5, 5.41) is 12.8. The van der Waals surface area contributed by atoms with Gasteiger partial charge in [0.2, 0.25) is 0 Å². The van der Waals surface area contributed by atoms with Crippen LogP contribution in [0.5, 0.6) is 0 Å². The molecule has 0 spiro atoms. The van der Waals surface area contributed by atoms with Crippen LogP contribution in [0.3, 0.4) is 0 Å². The highest BCUT2D eigenvalue weighted by Gasteiger charge is 2.45. The minimum Gasteiger partial charge on any atom is -0.415 e. The molecule has 0 radical (unpaired) electrons. The van der Waals surface area contributed by atoms with Gasteiger partial charge in [0.15, 0.2) is 14.0 Å². The molecule has 45 heavy (non-hydrogen) atoms. The van der Waals surface area contributed by atoms with Crippen molar-refractivity contribution in [3.8, 4) is 17.3 Å². The fraction of sp³-hybridized carbons (Fsp3) is 0.611. The quantitative estimate of drug-likeness (QED) is 0.229. The molecule has 5 rings (SSSR count). The Kier molecular flexibility index (Phi) is 10.0. The fourth-order valence-corrected chi connectivity index (χ4v) is 13.7. The molecule has 1 aliphatic carbocycles. The van der Waals surface area contributed by atoms with Crippen molar-refractivity contribution in [2.24, 2.45) is 5.92 Å². The van der Waals surface area contributed by atoms with Crippen LogP contribution in [-0.4, -0.2) is 53.4 Å². The van der Waals surface area contributed by atoms with Crippen LogP contribution in [-0.2, 0) is 4.43 Å². The summed E-state index contributed by atoms with van der Waals surface area (Å²) in [6, 6.07) is 12.3. The first-order valence-electron chi connectivity index (χ1n) is 17.1. The predicted octanol–water partition coefficient (Wildman–Crippen LogP) is 8.02. The Morgan fingerprint density at radius 3 is 2.24 bits per heavy atom. The molecule has 2 fully saturated rings. The Labute approximate surface area is 269 Å². The van der Waals surface area contributed by atoms with Crippen LogP contribution < -0.4 is 5.56 Å². The van der Waals surface area contributed by atoms with Crippen molar-refractivity contribution in [2.75, 3.05) is 19.7 Å². The second kappa shape index (κ2) is 13.6. The van der Waals surface area contributed by atoms with E-state index < -0.39 is 8.32 Å². The van der Waals surface area contributed by atoms with E-state index >= 15 is 0 Å². The maximum Gasteiger partial charge on any atom is 0.273 e. The lowest BCUT2D eigenvalue weighted by molar-refractivity contribution is 0.0789. The molecule has 1 aromatic carbocycles. The largest absolute Gasteiger partial charge is 0.415 e. The number of hydrogen-bond donors (Lipinski definition) is 1. The van der Waals surface area contributed by atoms with Gasteiger partial charge in [0.25, 0.3) is 11.5 Å². The number of fused-ring (bicyclic) bond motifs is 1. The van der Waals surface area contributed by atoms with Gasteiger partial charge in [-0.2, -0.15) is 5.26 Å². The number of carbonyl (C=O) groups is 1. The molecule has 1 aliphatic heterocycles. The van der Waals surface area contributed by atoms with Gasteiger partial charge in [0.1, 0.15) is 5.56 Å². The van der Waals surface area contributed by atoms with Gasteiger partial charge in [0, 0.05) is 37.2 Å². The highest BCUT2D eigenvalue weighted by Crippen LogP contribution is 2.43. The van der Waals surface area contributed by atoms with E-state index in [9.17, 15) is 14.9 Å². The lowest BCUT2D eigenvalue weighted by Gasteiger charge is -2.42. The number of carbonyl (C=O) groups excluding carboxylic acids is 1. The molecule has 1 amide bonds. The number of aromatic amines is 1. The van der Waals surface area contributed by atoms with Crippen LogP contribution in [0.15, 0.2) is 35.1 Å². The van der Waals surface area contributed by atoms with Gasteiger partial charge in [-0.25, -0.2) is 9.50 Å². The van der Waals surface area contributed by atoms with Crippen LogP contribution in [0.25, 0.3) is 16.9 Å². The zero-order valence-electron chi connectivity index (χ0n) is 28.2. The smallest absolute Gasteiger partial charge is 0.273 e. The molecule has 1 saturated heterocycles. The zero-order valence-corrected chi connectivity index (χ0v) is 29.2. The Hall–Kier alpha value is -3.22. The van der Waals surface area contributed by atoms with Crippen molar-refractivity contribution >= 4 is 19.9 Å². The van der Waals surface area contributed by atoms with Crippen molar-refractivity contribution in [2.45, 2.75) is 115 Å². The third-order valence-electron chi connectivity index (χ3n) is 10.6. The monoisotopic (exact) mass is 629 g/mol. The molecular formula is C36H51N5O3Si. The number of nitrogens with one attached hydrogen (secondary N) is 1. The molecule has 2 aromatic heterocycles. The highest BCUT2D eigenvalue weighted by molar-refractivity contribution is 6.77. The zero-order chi connectivity index (χ0) is 32.5. The molecule has 3 heterocycles. The van der Waals surface area contributed by atoms with Crippen LogP contribution in [0.4, 0.5) is 0 Å². The van der Waals surface area contributed by atoms with Crippen molar-refractivity contribution in [1.82, 2.24) is 19.5 Å². The fourth-order valence-electron chi connectivity index (χ4n) is 8.19. The summed E-state index contributed by atoms with van der Waals surface area (Å²) in [4.78, 5) is 34.5. The van der Waals surface area contributed by atoms with E-state index in [0.29, 0.717) is 71.3 Å². The molecule has 242 valence electrons. The second-order valence-electron chi connectivity index (χ2n) is 14.4. The molecule has 9 heteroatoms. The summed E-state index contributed by atoms with van der Waals surface area (Å²) in [6.07, 6.45) is 6.97. The molecule has 2 aliphatic rings. The molecule has 2 atom stereocenters. The van der Waals surface area contributed by atoms with Crippen LogP contribution in [0.1, 0.15) is 120 Å². The summed E-state index contributed by atoms with van der Waals surface area (Å²) in [7, 11) is -2.16. The predicted molar refractivity (Wildman–Crippen MR) is 182 cm³/mol. The van der Waals surface area contributed by atoms with Gasteiger partial charge >= 0.3 is 0 Å². The maximum absolute atomic E-state index is 14.2.